The highest BCUT2D eigenvalue weighted by molar-refractivity contribution is 6.06. The van der Waals surface area contributed by atoms with Crippen LogP contribution in [-0.4, -0.2) is 35.7 Å². The molecule has 138 valence electrons. The topological polar surface area (TPSA) is 78.5 Å². The van der Waals surface area contributed by atoms with E-state index < -0.39 is 5.92 Å². The molecule has 1 saturated heterocycles. The standard InChI is InChI=1S/C21H21N3O3/c25-19(13-17-16-5-1-2-6-18(16)23-20(17)26)22-15-9-7-14(8-10-15)21(27)24-11-3-4-12-24/h1-2,5-10,17H,3-4,11-13H2,(H,22,25)(H,23,26). The molecule has 1 unspecified atom stereocenters. The molecule has 6 heteroatoms. The van der Waals surface area contributed by atoms with Gasteiger partial charge in [-0.15, -0.1) is 0 Å². The van der Waals surface area contributed by atoms with Crippen molar-refractivity contribution < 1.29 is 14.4 Å². The maximum Gasteiger partial charge on any atom is 0.253 e. The average molecular weight is 363 g/mol. The van der Waals surface area contributed by atoms with Gasteiger partial charge in [-0.2, -0.15) is 0 Å². The highest BCUT2D eigenvalue weighted by Crippen LogP contribution is 2.34. The molecule has 2 heterocycles. The molecule has 2 aromatic rings. The van der Waals surface area contributed by atoms with Crippen molar-refractivity contribution in [2.24, 2.45) is 0 Å². The predicted octanol–water partition coefficient (Wildman–Crippen LogP) is 2.99. The van der Waals surface area contributed by atoms with E-state index >= 15 is 0 Å². The normalized spacial score (nSPS) is 18.1. The third-order valence-electron chi connectivity index (χ3n) is 5.11. The lowest BCUT2D eigenvalue weighted by Crippen LogP contribution is -2.27. The lowest BCUT2D eigenvalue weighted by Gasteiger charge is -2.15. The number of hydrogen-bond donors (Lipinski definition) is 2. The van der Waals surface area contributed by atoms with Gasteiger partial charge in [-0.3, -0.25) is 14.4 Å². The van der Waals surface area contributed by atoms with Gasteiger partial charge in [0.1, 0.15) is 0 Å². The molecule has 2 N–H and O–H groups in total. The second kappa shape index (κ2) is 7.23. The molecule has 1 atom stereocenters. The molecule has 0 spiro atoms. The first kappa shape index (κ1) is 17.3. The van der Waals surface area contributed by atoms with Gasteiger partial charge in [-0.25, -0.2) is 0 Å². The zero-order valence-corrected chi connectivity index (χ0v) is 14.9. The largest absolute Gasteiger partial charge is 0.339 e. The molecule has 27 heavy (non-hydrogen) atoms. The summed E-state index contributed by atoms with van der Waals surface area (Å²) in [4.78, 5) is 38.7. The van der Waals surface area contributed by atoms with E-state index in [1.807, 2.05) is 29.2 Å². The van der Waals surface area contributed by atoms with Gasteiger partial charge in [0.15, 0.2) is 0 Å². The van der Waals surface area contributed by atoms with Gasteiger partial charge >= 0.3 is 0 Å². The van der Waals surface area contributed by atoms with Gasteiger partial charge in [0.05, 0.1) is 5.92 Å². The van der Waals surface area contributed by atoms with Crippen LogP contribution in [0.25, 0.3) is 0 Å². The Morgan fingerprint density at radius 1 is 1.04 bits per heavy atom. The number of amides is 3. The van der Waals surface area contributed by atoms with Crippen LogP contribution in [-0.2, 0) is 9.59 Å². The van der Waals surface area contributed by atoms with E-state index in [1.54, 1.807) is 24.3 Å². The van der Waals surface area contributed by atoms with Crippen LogP contribution in [0.5, 0.6) is 0 Å². The smallest absolute Gasteiger partial charge is 0.253 e. The Balaban J connectivity index is 1.38. The fourth-order valence-corrected chi connectivity index (χ4v) is 3.67. The van der Waals surface area contributed by atoms with Gasteiger partial charge in [0.2, 0.25) is 11.8 Å². The Labute approximate surface area is 157 Å². The van der Waals surface area contributed by atoms with E-state index in [4.69, 9.17) is 0 Å². The number of carbonyl (C=O) groups excluding carboxylic acids is 3. The highest BCUT2D eigenvalue weighted by atomic mass is 16.2. The summed E-state index contributed by atoms with van der Waals surface area (Å²) in [6.45, 7) is 1.62. The van der Waals surface area contributed by atoms with Gasteiger partial charge in [0.25, 0.3) is 5.91 Å². The number of hydrogen-bond acceptors (Lipinski definition) is 3. The second-order valence-corrected chi connectivity index (χ2v) is 6.96. The van der Waals surface area contributed by atoms with Crippen molar-refractivity contribution >= 4 is 29.1 Å². The van der Waals surface area contributed by atoms with Gasteiger partial charge in [0, 0.05) is 36.4 Å². The van der Waals surface area contributed by atoms with Crippen molar-refractivity contribution in [3.63, 3.8) is 0 Å². The maximum absolute atomic E-state index is 12.4. The third kappa shape index (κ3) is 3.56. The summed E-state index contributed by atoms with van der Waals surface area (Å²) in [6.07, 6.45) is 2.19. The number of para-hydroxylation sites is 1. The lowest BCUT2D eigenvalue weighted by atomic mass is 9.97. The summed E-state index contributed by atoms with van der Waals surface area (Å²) in [5.74, 6) is -0.829. The number of carbonyl (C=O) groups is 3. The highest BCUT2D eigenvalue weighted by Gasteiger charge is 2.31. The summed E-state index contributed by atoms with van der Waals surface area (Å²) in [6, 6.07) is 14.3. The summed E-state index contributed by atoms with van der Waals surface area (Å²) < 4.78 is 0. The molecular weight excluding hydrogens is 342 g/mol. The minimum atomic E-state index is -0.475. The molecule has 2 aliphatic heterocycles. The fraction of sp³-hybridized carbons (Fsp3) is 0.286. The molecule has 0 bridgehead atoms. The summed E-state index contributed by atoms with van der Waals surface area (Å²) in [5.41, 5.74) is 2.86. The Kier molecular flexibility index (Phi) is 4.62. The van der Waals surface area contributed by atoms with Crippen molar-refractivity contribution in [3.05, 3.63) is 59.7 Å². The molecule has 2 aliphatic rings. The number of rotatable bonds is 4. The van der Waals surface area contributed by atoms with E-state index in [0.717, 1.165) is 37.2 Å². The number of fused-ring (bicyclic) bond motifs is 1. The van der Waals surface area contributed by atoms with E-state index in [1.165, 1.54) is 0 Å². The van der Waals surface area contributed by atoms with Gasteiger partial charge in [-0.1, -0.05) is 18.2 Å². The van der Waals surface area contributed by atoms with Crippen molar-refractivity contribution in [1.82, 2.24) is 4.90 Å². The van der Waals surface area contributed by atoms with Crippen LogP contribution in [0.2, 0.25) is 0 Å². The number of nitrogens with zero attached hydrogens (tertiary/aromatic N) is 1. The SMILES string of the molecule is O=C(CC1C(=O)Nc2ccccc21)Nc1ccc(C(=O)N2CCCC2)cc1. The number of likely N-dealkylation sites (tertiary alicyclic amines) is 1. The second-order valence-electron chi connectivity index (χ2n) is 6.96. The maximum atomic E-state index is 12.4. The third-order valence-corrected chi connectivity index (χ3v) is 5.11. The zero-order valence-electron chi connectivity index (χ0n) is 14.9. The molecule has 0 aliphatic carbocycles. The molecule has 3 amide bonds. The number of benzene rings is 2. The summed E-state index contributed by atoms with van der Waals surface area (Å²) in [7, 11) is 0. The minimum Gasteiger partial charge on any atom is -0.339 e. The van der Waals surface area contributed by atoms with Crippen LogP contribution in [0, 0.1) is 0 Å². The monoisotopic (exact) mass is 363 g/mol. The lowest BCUT2D eigenvalue weighted by molar-refractivity contribution is -0.122. The van der Waals surface area contributed by atoms with Gasteiger partial charge in [-0.05, 0) is 48.7 Å². The molecule has 6 nitrogen and oxygen atoms in total. The van der Waals surface area contributed by atoms with E-state index in [0.29, 0.717) is 11.3 Å². The first-order chi connectivity index (χ1) is 13.1. The quantitative estimate of drug-likeness (QED) is 0.876. The van der Waals surface area contributed by atoms with Crippen molar-refractivity contribution in [3.8, 4) is 0 Å². The first-order valence-electron chi connectivity index (χ1n) is 9.21. The number of anilines is 2. The van der Waals surface area contributed by atoms with Crippen LogP contribution in [0.3, 0.4) is 0 Å². The molecule has 2 aromatic carbocycles. The predicted molar refractivity (Wildman–Crippen MR) is 103 cm³/mol. The van der Waals surface area contributed by atoms with Crippen LogP contribution in [0.1, 0.15) is 41.1 Å². The minimum absolute atomic E-state index is 0.0320. The van der Waals surface area contributed by atoms with Crippen molar-refractivity contribution in [2.75, 3.05) is 23.7 Å². The molecule has 4 rings (SSSR count). The zero-order chi connectivity index (χ0) is 18.8. The Bertz CT molecular complexity index is 886. The Morgan fingerprint density at radius 2 is 1.74 bits per heavy atom. The van der Waals surface area contributed by atoms with Crippen LogP contribution >= 0.6 is 0 Å². The first-order valence-corrected chi connectivity index (χ1v) is 9.21. The Morgan fingerprint density at radius 3 is 2.48 bits per heavy atom. The van der Waals surface area contributed by atoms with Crippen LogP contribution in [0.15, 0.2) is 48.5 Å². The number of nitrogens with one attached hydrogen (secondary N) is 2. The van der Waals surface area contributed by atoms with E-state index in [2.05, 4.69) is 10.6 Å². The van der Waals surface area contributed by atoms with Gasteiger partial charge < -0.3 is 15.5 Å². The van der Waals surface area contributed by atoms with E-state index in [-0.39, 0.29) is 24.1 Å². The molecular formula is C21H21N3O3. The van der Waals surface area contributed by atoms with E-state index in [9.17, 15) is 14.4 Å². The molecule has 1 fully saturated rings. The fourth-order valence-electron chi connectivity index (χ4n) is 3.67. The van der Waals surface area contributed by atoms with Crippen molar-refractivity contribution in [1.29, 1.82) is 0 Å². The van der Waals surface area contributed by atoms with Crippen molar-refractivity contribution in [2.45, 2.75) is 25.2 Å². The van der Waals surface area contributed by atoms with Crippen LogP contribution < -0.4 is 10.6 Å². The molecule has 0 radical (unpaired) electrons. The average Bonchev–Trinajstić information content (AvgIpc) is 3.31. The molecule has 0 saturated carbocycles. The molecule has 0 aromatic heterocycles. The summed E-state index contributed by atoms with van der Waals surface area (Å²) >= 11 is 0. The Hall–Kier alpha value is -3.15. The van der Waals surface area contributed by atoms with Crippen LogP contribution in [0.4, 0.5) is 11.4 Å². The summed E-state index contributed by atoms with van der Waals surface area (Å²) in [5, 5.41) is 5.61.